The van der Waals surface area contributed by atoms with Gasteiger partial charge in [0.2, 0.25) is 0 Å². The molecule has 0 fully saturated rings. The van der Waals surface area contributed by atoms with Crippen LogP contribution in [0.3, 0.4) is 0 Å². The van der Waals surface area contributed by atoms with Gasteiger partial charge >= 0.3 is 0 Å². The molecule has 4 N–H and O–H groups in total. The second kappa shape index (κ2) is 6.19. The fourth-order valence-electron chi connectivity index (χ4n) is 1.62. The van der Waals surface area contributed by atoms with Crippen LogP contribution in [0.1, 0.15) is 15.9 Å². The van der Waals surface area contributed by atoms with Crippen LogP contribution in [0.25, 0.3) is 0 Å². The number of nitrogens with two attached hydrogens (primary N) is 1. The molecule has 2 aromatic rings. The van der Waals surface area contributed by atoms with Crippen molar-refractivity contribution in [2.24, 2.45) is 5.73 Å². The topological polar surface area (TPSA) is 75.3 Å². The first kappa shape index (κ1) is 15.4. The van der Waals surface area contributed by atoms with Crippen LogP contribution in [-0.2, 0) is 0 Å². The molecule has 0 aliphatic carbocycles. The lowest BCUT2D eigenvalue weighted by Gasteiger charge is -2.08. The van der Waals surface area contributed by atoms with E-state index < -0.39 is 11.7 Å². The summed E-state index contributed by atoms with van der Waals surface area (Å²) >= 11 is 7.86. The fraction of sp³-hybridized carbons (Fsp3) is 0. The van der Waals surface area contributed by atoms with Crippen molar-refractivity contribution in [3.05, 3.63) is 57.8 Å². The van der Waals surface area contributed by atoms with E-state index in [1.807, 2.05) is 0 Å². The van der Waals surface area contributed by atoms with Crippen molar-refractivity contribution in [2.45, 2.75) is 0 Å². The molecular formula is C14H10BrFN2O2S. The third-order valence-corrected chi connectivity index (χ3v) is 3.62. The molecule has 4 nitrogen and oxygen atoms in total. The summed E-state index contributed by atoms with van der Waals surface area (Å²) in [6.45, 7) is 0. The number of benzene rings is 2. The molecule has 0 heterocycles. The zero-order chi connectivity index (χ0) is 15.6. The van der Waals surface area contributed by atoms with Crippen molar-refractivity contribution in [1.82, 2.24) is 0 Å². The summed E-state index contributed by atoms with van der Waals surface area (Å²) in [7, 11) is 0. The summed E-state index contributed by atoms with van der Waals surface area (Å²) in [4.78, 5) is 12.1. The molecule has 0 bridgehead atoms. The maximum absolute atomic E-state index is 13.8. The Morgan fingerprint density at radius 2 is 1.90 bits per heavy atom. The summed E-state index contributed by atoms with van der Waals surface area (Å²) in [6.07, 6.45) is 0. The summed E-state index contributed by atoms with van der Waals surface area (Å²) in [5, 5.41) is 12.0. The van der Waals surface area contributed by atoms with Gasteiger partial charge in [-0.05, 0) is 52.3 Å². The Balaban J connectivity index is 2.23. The minimum absolute atomic E-state index is 0.00223. The second-order valence-corrected chi connectivity index (χ2v) is 5.47. The highest BCUT2D eigenvalue weighted by Gasteiger charge is 2.12. The van der Waals surface area contributed by atoms with Gasteiger partial charge in [-0.15, -0.1) is 0 Å². The highest BCUT2D eigenvalue weighted by molar-refractivity contribution is 9.10. The molecule has 0 saturated heterocycles. The fourth-order valence-corrected chi connectivity index (χ4v) is 1.99. The maximum Gasteiger partial charge on any atom is 0.255 e. The van der Waals surface area contributed by atoms with E-state index in [2.05, 4.69) is 21.2 Å². The number of phenols is 1. The number of hydrogen-bond donors (Lipinski definition) is 3. The Kier molecular flexibility index (Phi) is 4.54. The Morgan fingerprint density at radius 3 is 2.48 bits per heavy atom. The Labute approximate surface area is 133 Å². The number of anilines is 1. The van der Waals surface area contributed by atoms with E-state index in [4.69, 9.17) is 18.0 Å². The van der Waals surface area contributed by atoms with Gasteiger partial charge in [0.25, 0.3) is 5.91 Å². The molecule has 1 amide bonds. The number of carbonyl (C=O) groups excluding carboxylic acids is 1. The third-order valence-electron chi connectivity index (χ3n) is 2.71. The molecule has 0 unspecified atom stereocenters. The SMILES string of the molecule is NC(=S)c1ccc(NC(=O)c2ccc(Br)c(O)c2)c(F)c1. The maximum atomic E-state index is 13.8. The minimum Gasteiger partial charge on any atom is -0.507 e. The Morgan fingerprint density at radius 1 is 1.24 bits per heavy atom. The Hall–Kier alpha value is -1.99. The third kappa shape index (κ3) is 3.56. The number of thiocarbonyl (C=S) groups is 1. The average molecular weight is 369 g/mol. The van der Waals surface area contributed by atoms with Crippen LogP contribution >= 0.6 is 28.1 Å². The van der Waals surface area contributed by atoms with E-state index in [0.717, 1.165) is 6.07 Å². The van der Waals surface area contributed by atoms with E-state index in [1.54, 1.807) is 0 Å². The molecule has 21 heavy (non-hydrogen) atoms. The van der Waals surface area contributed by atoms with Crippen LogP contribution in [0.2, 0.25) is 0 Å². The average Bonchev–Trinajstić information content (AvgIpc) is 2.43. The van der Waals surface area contributed by atoms with Gasteiger partial charge in [0.15, 0.2) is 0 Å². The van der Waals surface area contributed by atoms with E-state index in [1.165, 1.54) is 30.3 Å². The largest absolute Gasteiger partial charge is 0.507 e. The standard InChI is InChI=1S/C14H10BrFN2O2S/c15-9-3-1-8(6-12(9)19)14(20)18-11-4-2-7(13(17)21)5-10(11)16/h1-6,19H,(H2,17,21)(H,18,20). The molecule has 0 radical (unpaired) electrons. The molecule has 0 aliphatic heterocycles. The molecule has 0 aliphatic rings. The number of rotatable bonds is 3. The molecule has 0 spiro atoms. The van der Waals surface area contributed by atoms with E-state index in [9.17, 15) is 14.3 Å². The molecule has 2 aromatic carbocycles. The molecule has 0 aromatic heterocycles. The van der Waals surface area contributed by atoms with Crippen molar-refractivity contribution < 1.29 is 14.3 Å². The first-order valence-electron chi connectivity index (χ1n) is 5.77. The van der Waals surface area contributed by atoms with Gasteiger partial charge in [-0.3, -0.25) is 4.79 Å². The Bertz CT molecular complexity index is 737. The molecule has 0 atom stereocenters. The number of carbonyl (C=O) groups is 1. The number of halogens is 2. The van der Waals surface area contributed by atoms with Gasteiger partial charge in [-0.25, -0.2) is 4.39 Å². The number of nitrogens with one attached hydrogen (secondary N) is 1. The van der Waals surface area contributed by atoms with Crippen LogP contribution in [-0.4, -0.2) is 16.0 Å². The van der Waals surface area contributed by atoms with Crippen molar-refractivity contribution in [1.29, 1.82) is 0 Å². The zero-order valence-electron chi connectivity index (χ0n) is 10.6. The van der Waals surface area contributed by atoms with Crippen molar-refractivity contribution in [3.63, 3.8) is 0 Å². The molecule has 108 valence electrons. The molecule has 7 heteroatoms. The number of phenolic OH excluding ortho intramolecular Hbond substituents is 1. The van der Waals surface area contributed by atoms with Crippen molar-refractivity contribution >= 4 is 44.7 Å². The lowest BCUT2D eigenvalue weighted by Crippen LogP contribution is -2.14. The lowest BCUT2D eigenvalue weighted by molar-refractivity contribution is 0.102. The van der Waals surface area contributed by atoms with Gasteiger partial charge in [0.05, 0.1) is 10.2 Å². The number of aromatic hydroxyl groups is 1. The predicted octanol–water partition coefficient (Wildman–Crippen LogP) is 3.18. The minimum atomic E-state index is -0.644. The lowest BCUT2D eigenvalue weighted by atomic mass is 10.1. The van der Waals surface area contributed by atoms with Crippen LogP contribution in [0.4, 0.5) is 10.1 Å². The quantitative estimate of drug-likeness (QED) is 0.727. The monoisotopic (exact) mass is 368 g/mol. The van der Waals surface area contributed by atoms with Gasteiger partial charge < -0.3 is 16.2 Å². The van der Waals surface area contributed by atoms with Crippen LogP contribution in [0, 0.1) is 5.82 Å². The molecule has 0 saturated carbocycles. The van der Waals surface area contributed by atoms with E-state index in [0.29, 0.717) is 10.0 Å². The summed E-state index contributed by atoms with van der Waals surface area (Å²) in [5.41, 5.74) is 5.98. The smallest absolute Gasteiger partial charge is 0.255 e. The number of amides is 1. The highest BCUT2D eigenvalue weighted by Crippen LogP contribution is 2.25. The predicted molar refractivity (Wildman–Crippen MR) is 86.0 cm³/mol. The van der Waals surface area contributed by atoms with Crippen molar-refractivity contribution in [2.75, 3.05) is 5.32 Å². The van der Waals surface area contributed by atoms with E-state index >= 15 is 0 Å². The number of hydrogen-bond acceptors (Lipinski definition) is 3. The zero-order valence-corrected chi connectivity index (χ0v) is 13.0. The second-order valence-electron chi connectivity index (χ2n) is 4.18. The normalized spacial score (nSPS) is 10.2. The van der Waals surface area contributed by atoms with Gasteiger partial charge in [-0.1, -0.05) is 12.2 Å². The summed E-state index contributed by atoms with van der Waals surface area (Å²) in [5.74, 6) is -1.26. The summed E-state index contributed by atoms with van der Waals surface area (Å²) < 4.78 is 14.3. The summed E-state index contributed by atoms with van der Waals surface area (Å²) in [6, 6.07) is 8.34. The van der Waals surface area contributed by atoms with E-state index in [-0.39, 0.29) is 22.0 Å². The molecule has 2 rings (SSSR count). The highest BCUT2D eigenvalue weighted by atomic mass is 79.9. The van der Waals surface area contributed by atoms with Gasteiger partial charge in [-0.2, -0.15) is 0 Å². The first-order valence-corrected chi connectivity index (χ1v) is 6.98. The van der Waals surface area contributed by atoms with Crippen molar-refractivity contribution in [3.8, 4) is 5.75 Å². The van der Waals surface area contributed by atoms with Crippen LogP contribution in [0.15, 0.2) is 40.9 Å². The van der Waals surface area contributed by atoms with Crippen LogP contribution in [0.5, 0.6) is 5.75 Å². The van der Waals surface area contributed by atoms with Gasteiger partial charge in [0.1, 0.15) is 16.6 Å². The van der Waals surface area contributed by atoms with Gasteiger partial charge in [0, 0.05) is 11.1 Å². The first-order chi connectivity index (χ1) is 9.88. The van der Waals surface area contributed by atoms with Crippen LogP contribution < -0.4 is 11.1 Å². The molecular weight excluding hydrogens is 359 g/mol.